The van der Waals surface area contributed by atoms with Gasteiger partial charge in [0.05, 0.1) is 6.61 Å². The van der Waals surface area contributed by atoms with E-state index in [0.29, 0.717) is 18.7 Å². The van der Waals surface area contributed by atoms with E-state index in [4.69, 9.17) is 4.74 Å². The normalized spacial score (nSPS) is 11.9. The molecule has 4 nitrogen and oxygen atoms in total. The minimum Gasteiger partial charge on any atom is -0.383 e. The summed E-state index contributed by atoms with van der Waals surface area (Å²) >= 11 is 0. The Morgan fingerprint density at radius 1 is 1.37 bits per heavy atom. The van der Waals surface area contributed by atoms with Crippen molar-refractivity contribution >= 4 is 11.6 Å². The predicted octanol–water partition coefficient (Wildman–Crippen LogP) is 2.66. The van der Waals surface area contributed by atoms with Crippen LogP contribution in [0.5, 0.6) is 0 Å². The maximum atomic E-state index is 11.9. The number of methoxy groups -OCH3 is 1. The number of benzene rings is 1. The van der Waals surface area contributed by atoms with E-state index in [-0.39, 0.29) is 11.9 Å². The minimum atomic E-state index is -0.0229. The molecule has 2 N–H and O–H groups in total. The van der Waals surface area contributed by atoms with Crippen LogP contribution in [-0.4, -0.2) is 32.2 Å². The van der Waals surface area contributed by atoms with Crippen molar-refractivity contribution in [2.75, 3.05) is 25.6 Å². The summed E-state index contributed by atoms with van der Waals surface area (Å²) in [5, 5.41) is 6.25. The first-order valence-corrected chi connectivity index (χ1v) is 6.85. The van der Waals surface area contributed by atoms with Crippen LogP contribution in [0.1, 0.15) is 37.0 Å². The van der Waals surface area contributed by atoms with Crippen LogP contribution in [0, 0.1) is 0 Å². The highest BCUT2D eigenvalue weighted by atomic mass is 16.5. The molecule has 4 heteroatoms. The van der Waals surface area contributed by atoms with Gasteiger partial charge in [-0.15, -0.1) is 0 Å². The molecule has 0 saturated carbocycles. The third kappa shape index (κ3) is 5.30. The Morgan fingerprint density at radius 2 is 2.16 bits per heavy atom. The van der Waals surface area contributed by atoms with E-state index in [2.05, 4.69) is 17.6 Å². The number of rotatable bonds is 8. The van der Waals surface area contributed by atoms with E-state index in [0.717, 1.165) is 18.5 Å². The van der Waals surface area contributed by atoms with Crippen molar-refractivity contribution < 1.29 is 9.53 Å². The third-order valence-electron chi connectivity index (χ3n) is 2.89. The van der Waals surface area contributed by atoms with Crippen molar-refractivity contribution in [3.63, 3.8) is 0 Å². The van der Waals surface area contributed by atoms with Gasteiger partial charge in [0.25, 0.3) is 5.91 Å². The molecular formula is C15H24N2O2. The van der Waals surface area contributed by atoms with Crippen molar-refractivity contribution in [1.29, 1.82) is 0 Å². The second-order valence-corrected chi connectivity index (χ2v) is 4.54. The second kappa shape index (κ2) is 8.53. The average molecular weight is 264 g/mol. The molecule has 0 saturated heterocycles. The molecule has 19 heavy (non-hydrogen) atoms. The largest absolute Gasteiger partial charge is 0.383 e. The van der Waals surface area contributed by atoms with Crippen LogP contribution in [0.15, 0.2) is 24.3 Å². The molecule has 1 rings (SSSR count). The predicted molar refractivity (Wildman–Crippen MR) is 78.6 cm³/mol. The summed E-state index contributed by atoms with van der Waals surface area (Å²) < 4.78 is 5.16. The van der Waals surface area contributed by atoms with Crippen molar-refractivity contribution in [1.82, 2.24) is 5.32 Å². The van der Waals surface area contributed by atoms with Crippen LogP contribution < -0.4 is 10.6 Å². The smallest absolute Gasteiger partial charge is 0.251 e. The molecule has 0 fully saturated rings. The molecule has 0 aliphatic carbocycles. The summed E-state index contributed by atoms with van der Waals surface area (Å²) in [6.07, 6.45) is 1.91. The molecule has 0 spiro atoms. The Kier molecular flexibility index (Phi) is 6.97. The third-order valence-corrected chi connectivity index (χ3v) is 2.89. The van der Waals surface area contributed by atoms with Gasteiger partial charge in [0, 0.05) is 30.9 Å². The van der Waals surface area contributed by atoms with Gasteiger partial charge in [-0.25, -0.2) is 0 Å². The Morgan fingerprint density at radius 3 is 2.79 bits per heavy atom. The van der Waals surface area contributed by atoms with Gasteiger partial charge in [0.1, 0.15) is 0 Å². The molecule has 1 aromatic rings. The van der Waals surface area contributed by atoms with Crippen molar-refractivity contribution in [2.24, 2.45) is 0 Å². The van der Waals surface area contributed by atoms with Crippen molar-refractivity contribution in [3.8, 4) is 0 Å². The van der Waals surface area contributed by atoms with Gasteiger partial charge >= 0.3 is 0 Å². The first-order chi connectivity index (χ1) is 9.21. The number of ether oxygens (including phenoxy) is 1. The van der Waals surface area contributed by atoms with Gasteiger partial charge in [0.15, 0.2) is 0 Å². The lowest BCUT2D eigenvalue weighted by molar-refractivity contribution is 0.0953. The molecule has 1 aromatic carbocycles. The number of carbonyl (C=O) groups is 1. The minimum absolute atomic E-state index is 0.0229. The monoisotopic (exact) mass is 264 g/mol. The zero-order chi connectivity index (χ0) is 14.1. The molecule has 0 aromatic heterocycles. The van der Waals surface area contributed by atoms with E-state index in [1.54, 1.807) is 7.11 Å². The summed E-state index contributed by atoms with van der Waals surface area (Å²) in [4.78, 5) is 11.9. The number of nitrogens with one attached hydrogen (secondary N) is 2. The zero-order valence-electron chi connectivity index (χ0n) is 12.0. The fourth-order valence-electron chi connectivity index (χ4n) is 1.79. The molecule has 1 amide bonds. The van der Waals surface area contributed by atoms with Crippen LogP contribution in [0.3, 0.4) is 0 Å². The number of carbonyl (C=O) groups excluding carboxylic acids is 1. The molecule has 0 radical (unpaired) electrons. The van der Waals surface area contributed by atoms with E-state index in [1.165, 1.54) is 0 Å². The van der Waals surface area contributed by atoms with Crippen LogP contribution in [0.2, 0.25) is 0 Å². The number of hydrogen-bond donors (Lipinski definition) is 2. The fourth-order valence-corrected chi connectivity index (χ4v) is 1.79. The Bertz CT molecular complexity index is 393. The lowest BCUT2D eigenvalue weighted by atomic mass is 10.1. The molecular weight excluding hydrogens is 240 g/mol. The maximum absolute atomic E-state index is 11.9. The molecule has 0 bridgehead atoms. The summed E-state index contributed by atoms with van der Waals surface area (Å²) in [5.74, 6) is -0.0229. The highest BCUT2D eigenvalue weighted by molar-refractivity contribution is 5.95. The lowest BCUT2D eigenvalue weighted by Gasteiger charge is -2.17. The first-order valence-electron chi connectivity index (χ1n) is 6.85. The quantitative estimate of drug-likeness (QED) is 0.759. The van der Waals surface area contributed by atoms with E-state index in [1.807, 2.05) is 31.2 Å². The second-order valence-electron chi connectivity index (χ2n) is 4.54. The van der Waals surface area contributed by atoms with Gasteiger partial charge in [-0.3, -0.25) is 4.79 Å². The van der Waals surface area contributed by atoms with Gasteiger partial charge in [0.2, 0.25) is 0 Å². The van der Waals surface area contributed by atoms with E-state index >= 15 is 0 Å². The van der Waals surface area contributed by atoms with E-state index < -0.39 is 0 Å². The average Bonchev–Trinajstić information content (AvgIpc) is 2.44. The van der Waals surface area contributed by atoms with Crippen molar-refractivity contribution in [2.45, 2.75) is 32.7 Å². The van der Waals surface area contributed by atoms with Crippen LogP contribution in [-0.2, 0) is 4.74 Å². The molecule has 0 aliphatic heterocycles. The van der Waals surface area contributed by atoms with Gasteiger partial charge in [-0.2, -0.15) is 0 Å². The van der Waals surface area contributed by atoms with Gasteiger partial charge < -0.3 is 15.4 Å². The summed E-state index contributed by atoms with van der Waals surface area (Å²) in [6.45, 7) is 5.50. The van der Waals surface area contributed by atoms with Crippen LogP contribution in [0.25, 0.3) is 0 Å². The highest BCUT2D eigenvalue weighted by Gasteiger charge is 2.08. The number of hydrogen-bond acceptors (Lipinski definition) is 3. The fraction of sp³-hybridized carbons (Fsp3) is 0.533. The van der Waals surface area contributed by atoms with Crippen molar-refractivity contribution in [3.05, 3.63) is 29.8 Å². The summed E-state index contributed by atoms with van der Waals surface area (Å²) in [5.41, 5.74) is 1.64. The first kappa shape index (κ1) is 15.5. The molecule has 106 valence electrons. The summed E-state index contributed by atoms with van der Waals surface area (Å²) in [7, 11) is 1.69. The molecule has 1 unspecified atom stereocenters. The molecule has 0 heterocycles. The van der Waals surface area contributed by atoms with E-state index in [9.17, 15) is 4.79 Å². The Hall–Kier alpha value is -1.55. The molecule has 1 atom stereocenters. The van der Waals surface area contributed by atoms with Crippen LogP contribution >= 0.6 is 0 Å². The lowest BCUT2D eigenvalue weighted by Crippen LogP contribution is -2.25. The highest BCUT2D eigenvalue weighted by Crippen LogP contribution is 2.13. The van der Waals surface area contributed by atoms with Gasteiger partial charge in [-0.05, 0) is 31.0 Å². The maximum Gasteiger partial charge on any atom is 0.251 e. The standard InChI is InChI=1S/C15H24N2O2/c1-4-9-16-15(18)12-7-6-8-14(10-12)17-13(5-2)11-19-3/h6-8,10,13,17H,4-5,9,11H2,1-3H3,(H,16,18). The zero-order valence-corrected chi connectivity index (χ0v) is 12.0. The topological polar surface area (TPSA) is 50.4 Å². The summed E-state index contributed by atoms with van der Waals surface area (Å²) in [6, 6.07) is 7.83. The van der Waals surface area contributed by atoms with Crippen LogP contribution in [0.4, 0.5) is 5.69 Å². The molecule has 0 aliphatic rings. The Labute approximate surface area is 115 Å². The number of anilines is 1. The van der Waals surface area contributed by atoms with Gasteiger partial charge in [-0.1, -0.05) is 19.9 Å². The number of amides is 1. The SMILES string of the molecule is CCCNC(=O)c1cccc(NC(CC)COC)c1. The Balaban J connectivity index is 2.68.